The Bertz CT molecular complexity index is 1240. The molecule has 2 rings (SSSR count). The van der Waals surface area contributed by atoms with Crippen molar-refractivity contribution in [2.24, 2.45) is 0 Å². The molecule has 0 aliphatic carbocycles. The number of benzene rings is 1. The number of aliphatic carboxylic acids is 2. The SMILES string of the molecule is CC(C)(C)OC(=O)NCCCCCCc1cc(C(=O)N[C@@H](Cc2ccc(F)cc2)C(=O)N[C@@H](CCC(=O)O)C(=O)O)no1. The van der Waals surface area contributed by atoms with Gasteiger partial charge in [0.2, 0.25) is 5.91 Å². The maximum Gasteiger partial charge on any atom is 0.407 e. The summed E-state index contributed by atoms with van der Waals surface area (Å²) in [5, 5.41) is 29.5. The number of halogens is 1. The Morgan fingerprint density at radius 1 is 0.977 bits per heavy atom. The summed E-state index contributed by atoms with van der Waals surface area (Å²) in [7, 11) is 0. The first-order valence-corrected chi connectivity index (χ1v) is 14.0. The van der Waals surface area contributed by atoms with Gasteiger partial charge in [-0.2, -0.15) is 0 Å². The van der Waals surface area contributed by atoms with Crippen molar-refractivity contribution >= 4 is 29.8 Å². The Kier molecular flexibility index (Phi) is 13.6. The highest BCUT2D eigenvalue weighted by Crippen LogP contribution is 2.12. The Morgan fingerprint density at radius 3 is 2.28 bits per heavy atom. The summed E-state index contributed by atoms with van der Waals surface area (Å²) in [6.45, 7) is 5.86. The molecule has 0 aliphatic rings. The third-order valence-electron chi connectivity index (χ3n) is 6.05. The van der Waals surface area contributed by atoms with Crippen molar-refractivity contribution in [3.8, 4) is 0 Å². The predicted molar refractivity (Wildman–Crippen MR) is 151 cm³/mol. The summed E-state index contributed by atoms with van der Waals surface area (Å²) >= 11 is 0. The lowest BCUT2D eigenvalue weighted by atomic mass is 10.0. The lowest BCUT2D eigenvalue weighted by molar-refractivity contribution is -0.143. The number of carboxylic acids is 2. The molecule has 14 heteroatoms. The van der Waals surface area contributed by atoms with Crippen LogP contribution in [0.1, 0.15) is 81.1 Å². The van der Waals surface area contributed by atoms with Crippen molar-refractivity contribution in [3.63, 3.8) is 0 Å². The van der Waals surface area contributed by atoms with Crippen LogP contribution in [-0.4, -0.2) is 69.4 Å². The lowest BCUT2D eigenvalue weighted by Gasteiger charge is -2.21. The van der Waals surface area contributed by atoms with Crippen LogP contribution < -0.4 is 16.0 Å². The summed E-state index contributed by atoms with van der Waals surface area (Å²) in [6, 6.07) is 3.87. The zero-order valence-electron chi connectivity index (χ0n) is 24.5. The number of nitrogens with zero attached hydrogens (tertiary/aromatic N) is 1. The second-order valence-electron chi connectivity index (χ2n) is 11.0. The molecular formula is C29H39FN4O9. The first-order valence-electron chi connectivity index (χ1n) is 14.0. The van der Waals surface area contributed by atoms with Gasteiger partial charge in [0.15, 0.2) is 5.69 Å². The number of alkyl carbamates (subject to hydrolysis) is 1. The second kappa shape index (κ2) is 16.8. The van der Waals surface area contributed by atoms with Crippen molar-refractivity contribution in [1.29, 1.82) is 0 Å². The zero-order valence-corrected chi connectivity index (χ0v) is 24.5. The number of hydrogen-bond donors (Lipinski definition) is 5. The van der Waals surface area contributed by atoms with Gasteiger partial charge in [0.05, 0.1) is 0 Å². The van der Waals surface area contributed by atoms with Crippen LogP contribution in [0, 0.1) is 5.82 Å². The molecule has 0 fully saturated rings. The van der Waals surface area contributed by atoms with Crippen molar-refractivity contribution < 1.29 is 47.8 Å². The Hall–Kier alpha value is -4.49. The minimum absolute atomic E-state index is 0.0888. The van der Waals surface area contributed by atoms with Crippen molar-refractivity contribution in [2.75, 3.05) is 6.54 Å². The molecule has 236 valence electrons. The summed E-state index contributed by atoms with van der Waals surface area (Å²) in [5.41, 5.74) is -0.157. The van der Waals surface area contributed by atoms with Crippen LogP contribution in [0.15, 0.2) is 34.9 Å². The second-order valence-corrected chi connectivity index (χ2v) is 11.0. The van der Waals surface area contributed by atoms with Crippen LogP contribution in [0.3, 0.4) is 0 Å². The highest BCUT2D eigenvalue weighted by atomic mass is 19.1. The van der Waals surface area contributed by atoms with Gasteiger partial charge in [-0.05, 0) is 57.7 Å². The van der Waals surface area contributed by atoms with Gasteiger partial charge in [-0.25, -0.2) is 14.0 Å². The van der Waals surface area contributed by atoms with Crippen LogP contribution in [0.4, 0.5) is 9.18 Å². The molecule has 3 amide bonds. The van der Waals surface area contributed by atoms with E-state index >= 15 is 0 Å². The normalized spacial score (nSPS) is 12.6. The molecule has 0 spiro atoms. The van der Waals surface area contributed by atoms with Gasteiger partial charge in [0, 0.05) is 31.9 Å². The highest BCUT2D eigenvalue weighted by Gasteiger charge is 2.28. The average molecular weight is 607 g/mol. The maximum absolute atomic E-state index is 13.4. The molecule has 1 heterocycles. The van der Waals surface area contributed by atoms with Crippen molar-refractivity contribution in [2.45, 2.75) is 89.8 Å². The molecule has 0 saturated heterocycles. The number of carboxylic acid groups (broad SMARTS) is 2. The molecule has 13 nitrogen and oxygen atoms in total. The number of amides is 3. The number of unbranched alkanes of at least 4 members (excludes halogenated alkanes) is 3. The number of aryl methyl sites for hydroxylation is 1. The van der Waals surface area contributed by atoms with E-state index in [4.69, 9.17) is 14.4 Å². The summed E-state index contributed by atoms with van der Waals surface area (Å²) in [4.78, 5) is 60.0. The number of hydrogen-bond acceptors (Lipinski definition) is 8. The third kappa shape index (κ3) is 13.8. The minimum Gasteiger partial charge on any atom is -0.481 e. The summed E-state index contributed by atoms with van der Waals surface area (Å²) in [5.74, 6) is -4.31. The summed E-state index contributed by atoms with van der Waals surface area (Å²) < 4.78 is 23.8. The minimum atomic E-state index is -1.50. The maximum atomic E-state index is 13.4. The first-order chi connectivity index (χ1) is 20.2. The van der Waals surface area contributed by atoms with Crippen LogP contribution >= 0.6 is 0 Å². The van der Waals surface area contributed by atoms with Crippen molar-refractivity contribution in [1.82, 2.24) is 21.1 Å². The van der Waals surface area contributed by atoms with Crippen LogP contribution in [0.25, 0.3) is 0 Å². The molecule has 0 bridgehead atoms. The number of rotatable bonds is 17. The van der Waals surface area contributed by atoms with E-state index in [9.17, 15) is 33.5 Å². The Balaban J connectivity index is 1.92. The molecule has 0 radical (unpaired) electrons. The molecular weight excluding hydrogens is 567 g/mol. The van der Waals surface area contributed by atoms with E-state index < -0.39 is 59.8 Å². The molecule has 1 aromatic carbocycles. The van der Waals surface area contributed by atoms with Gasteiger partial charge >= 0.3 is 18.0 Å². The molecule has 43 heavy (non-hydrogen) atoms. The quantitative estimate of drug-likeness (QED) is 0.167. The van der Waals surface area contributed by atoms with E-state index in [0.717, 1.165) is 25.7 Å². The Morgan fingerprint density at radius 2 is 1.65 bits per heavy atom. The molecule has 0 saturated carbocycles. The fourth-order valence-electron chi connectivity index (χ4n) is 3.92. The van der Waals surface area contributed by atoms with E-state index in [2.05, 4.69) is 21.1 Å². The van der Waals surface area contributed by atoms with E-state index in [1.54, 1.807) is 20.8 Å². The molecule has 5 N–H and O–H groups in total. The van der Waals surface area contributed by atoms with E-state index in [-0.39, 0.29) is 18.5 Å². The number of carbonyl (C=O) groups is 5. The lowest BCUT2D eigenvalue weighted by Crippen LogP contribution is -2.52. The van der Waals surface area contributed by atoms with Gasteiger partial charge in [0.25, 0.3) is 5.91 Å². The molecule has 1 aromatic heterocycles. The van der Waals surface area contributed by atoms with Gasteiger partial charge < -0.3 is 35.4 Å². The zero-order chi connectivity index (χ0) is 32.0. The monoisotopic (exact) mass is 606 g/mol. The number of aromatic nitrogens is 1. The predicted octanol–water partition coefficient (Wildman–Crippen LogP) is 3.22. The number of carbonyl (C=O) groups excluding carboxylic acids is 3. The first kappa shape index (κ1) is 34.7. The Labute approximate surface area is 248 Å². The standard InChI is InChI=1S/C29H39FN4O9/c1-29(2,3)42-28(41)31-15-7-5-4-6-8-20-17-23(34-43-20)26(38)33-22(16-18-9-11-19(30)12-10-18)25(37)32-21(27(39)40)13-14-24(35)36/h9-12,17,21-22H,4-8,13-16H2,1-3H3,(H,31,41)(H,32,37)(H,33,38)(H,35,36)(H,39,40)/t21-,22-/m0/s1. The van der Waals surface area contributed by atoms with E-state index in [1.165, 1.54) is 30.3 Å². The highest BCUT2D eigenvalue weighted by molar-refractivity contribution is 5.97. The van der Waals surface area contributed by atoms with Gasteiger partial charge in [-0.3, -0.25) is 14.4 Å². The third-order valence-corrected chi connectivity index (χ3v) is 6.05. The molecule has 0 aliphatic heterocycles. The number of nitrogens with one attached hydrogen (secondary N) is 3. The molecule has 2 atom stereocenters. The van der Waals surface area contributed by atoms with Gasteiger partial charge in [-0.15, -0.1) is 0 Å². The molecule has 2 aromatic rings. The van der Waals surface area contributed by atoms with E-state index in [0.29, 0.717) is 24.3 Å². The van der Waals surface area contributed by atoms with Crippen LogP contribution in [-0.2, 0) is 32.0 Å². The van der Waals surface area contributed by atoms with Crippen molar-refractivity contribution in [3.05, 3.63) is 53.2 Å². The largest absolute Gasteiger partial charge is 0.481 e. The topological polar surface area (TPSA) is 197 Å². The fourth-order valence-corrected chi connectivity index (χ4v) is 3.92. The van der Waals surface area contributed by atoms with E-state index in [1.807, 2.05) is 0 Å². The van der Waals surface area contributed by atoms with Crippen LogP contribution in [0.2, 0.25) is 0 Å². The van der Waals surface area contributed by atoms with Crippen LogP contribution in [0.5, 0.6) is 0 Å². The molecule has 0 unspecified atom stereocenters. The van der Waals surface area contributed by atoms with Gasteiger partial charge in [-0.1, -0.05) is 30.1 Å². The number of ether oxygens (including phenoxy) is 1. The van der Waals surface area contributed by atoms with Gasteiger partial charge in [0.1, 0.15) is 29.3 Å². The summed E-state index contributed by atoms with van der Waals surface area (Å²) in [6.07, 6.45) is 2.28. The smallest absolute Gasteiger partial charge is 0.407 e. The average Bonchev–Trinajstić information content (AvgIpc) is 3.39. The fraction of sp³-hybridized carbons (Fsp3) is 0.517.